The van der Waals surface area contributed by atoms with E-state index in [0.29, 0.717) is 10.9 Å². The first kappa shape index (κ1) is 12.7. The van der Waals surface area contributed by atoms with Crippen molar-refractivity contribution in [3.05, 3.63) is 56.5 Å². The maximum absolute atomic E-state index is 13.6. The number of halogens is 3. The van der Waals surface area contributed by atoms with Crippen LogP contribution in [0.15, 0.2) is 18.2 Å². The molecule has 1 atom stereocenters. The molecule has 3 rings (SSSR count). The Morgan fingerprint density at radius 3 is 2.47 bits per heavy atom. The van der Waals surface area contributed by atoms with E-state index in [1.54, 1.807) is 0 Å². The number of aliphatic hydroxyl groups is 1. The molecule has 1 aromatic carbocycles. The van der Waals surface area contributed by atoms with E-state index < -0.39 is 23.6 Å². The van der Waals surface area contributed by atoms with Crippen LogP contribution in [0, 0.1) is 17.5 Å². The van der Waals surface area contributed by atoms with Crippen molar-refractivity contribution in [1.82, 2.24) is 0 Å². The van der Waals surface area contributed by atoms with Crippen LogP contribution in [-0.2, 0) is 12.8 Å². The van der Waals surface area contributed by atoms with Gasteiger partial charge in [-0.15, -0.1) is 11.3 Å². The fourth-order valence-electron chi connectivity index (χ4n) is 2.39. The zero-order chi connectivity index (χ0) is 13.6. The van der Waals surface area contributed by atoms with Crippen LogP contribution in [0.4, 0.5) is 13.2 Å². The van der Waals surface area contributed by atoms with Crippen LogP contribution in [0.5, 0.6) is 0 Å². The average Bonchev–Trinajstić information content (AvgIpc) is 2.93. The van der Waals surface area contributed by atoms with E-state index in [2.05, 4.69) is 0 Å². The number of hydrogen-bond donors (Lipinski definition) is 1. The normalized spacial score (nSPS) is 15.6. The first-order valence-corrected chi connectivity index (χ1v) is 6.82. The lowest BCUT2D eigenvalue weighted by molar-refractivity contribution is 0.217. The summed E-state index contributed by atoms with van der Waals surface area (Å²) in [5, 5.41) is 10.1. The summed E-state index contributed by atoms with van der Waals surface area (Å²) in [6, 6.07) is 3.02. The standard InChI is InChI=1S/C14H11F3OS/c15-9-6-11(17)10(16)5-8(9)14(18)13-4-7-2-1-3-12(7)19-13/h4-6,14,18H,1-3H2. The van der Waals surface area contributed by atoms with Gasteiger partial charge in [0.25, 0.3) is 0 Å². The van der Waals surface area contributed by atoms with Gasteiger partial charge in [0, 0.05) is 21.4 Å². The van der Waals surface area contributed by atoms with Gasteiger partial charge in [-0.1, -0.05) is 0 Å². The van der Waals surface area contributed by atoms with Crippen molar-refractivity contribution in [1.29, 1.82) is 0 Å². The summed E-state index contributed by atoms with van der Waals surface area (Å²) < 4.78 is 39.6. The molecule has 1 aliphatic rings. The third-order valence-corrected chi connectivity index (χ3v) is 4.66. The molecule has 1 aromatic heterocycles. The molecular weight excluding hydrogens is 273 g/mol. The highest BCUT2D eigenvalue weighted by molar-refractivity contribution is 7.12. The molecule has 100 valence electrons. The summed E-state index contributed by atoms with van der Waals surface area (Å²) in [7, 11) is 0. The topological polar surface area (TPSA) is 20.2 Å². The minimum absolute atomic E-state index is 0.223. The fraction of sp³-hybridized carbons (Fsp3) is 0.286. The molecular formula is C14H11F3OS. The van der Waals surface area contributed by atoms with Gasteiger partial charge in [-0.2, -0.15) is 0 Å². The van der Waals surface area contributed by atoms with E-state index in [9.17, 15) is 18.3 Å². The number of thiophene rings is 1. The Kier molecular flexibility index (Phi) is 3.11. The zero-order valence-electron chi connectivity index (χ0n) is 9.92. The van der Waals surface area contributed by atoms with Crippen molar-refractivity contribution in [2.45, 2.75) is 25.4 Å². The predicted octanol–water partition coefficient (Wildman–Crippen LogP) is 3.74. The van der Waals surface area contributed by atoms with Crippen LogP contribution < -0.4 is 0 Å². The van der Waals surface area contributed by atoms with Crippen LogP contribution in [-0.4, -0.2) is 5.11 Å². The molecule has 1 nitrogen and oxygen atoms in total. The number of aryl methyl sites for hydroxylation is 2. The van der Waals surface area contributed by atoms with E-state index >= 15 is 0 Å². The molecule has 19 heavy (non-hydrogen) atoms. The van der Waals surface area contributed by atoms with Gasteiger partial charge in [-0.3, -0.25) is 0 Å². The molecule has 1 N–H and O–H groups in total. The van der Waals surface area contributed by atoms with E-state index in [0.717, 1.165) is 25.3 Å². The third-order valence-electron chi connectivity index (χ3n) is 3.37. The van der Waals surface area contributed by atoms with E-state index in [1.807, 2.05) is 6.07 Å². The second-order valence-corrected chi connectivity index (χ2v) is 5.81. The SMILES string of the molecule is OC(c1cc2c(s1)CCC2)c1cc(F)c(F)cc1F. The molecule has 2 aromatic rings. The molecule has 0 amide bonds. The monoisotopic (exact) mass is 284 g/mol. The summed E-state index contributed by atoms with van der Waals surface area (Å²) in [4.78, 5) is 1.77. The van der Waals surface area contributed by atoms with E-state index in [1.165, 1.54) is 21.8 Å². The number of hydrogen-bond acceptors (Lipinski definition) is 2. The summed E-state index contributed by atoms with van der Waals surface area (Å²) >= 11 is 1.41. The molecule has 0 bridgehead atoms. The van der Waals surface area contributed by atoms with Gasteiger partial charge < -0.3 is 5.11 Å². The number of fused-ring (bicyclic) bond motifs is 1. The van der Waals surface area contributed by atoms with Gasteiger partial charge in [0.1, 0.15) is 11.9 Å². The molecule has 0 radical (unpaired) electrons. The smallest absolute Gasteiger partial charge is 0.161 e. The molecule has 1 heterocycles. The Morgan fingerprint density at radius 1 is 1.00 bits per heavy atom. The van der Waals surface area contributed by atoms with Gasteiger partial charge in [0.05, 0.1) is 0 Å². The second kappa shape index (κ2) is 4.65. The summed E-state index contributed by atoms with van der Waals surface area (Å²) in [5.41, 5.74) is 0.945. The predicted molar refractivity (Wildman–Crippen MR) is 66.7 cm³/mol. The lowest BCUT2D eigenvalue weighted by Gasteiger charge is -2.10. The number of rotatable bonds is 2. The lowest BCUT2D eigenvalue weighted by Crippen LogP contribution is -2.03. The van der Waals surface area contributed by atoms with Crippen LogP contribution in [0.2, 0.25) is 0 Å². The van der Waals surface area contributed by atoms with Crippen molar-refractivity contribution in [3.8, 4) is 0 Å². The highest BCUT2D eigenvalue weighted by Crippen LogP contribution is 2.36. The molecule has 5 heteroatoms. The Morgan fingerprint density at radius 2 is 1.74 bits per heavy atom. The number of benzene rings is 1. The third kappa shape index (κ3) is 2.17. The van der Waals surface area contributed by atoms with Crippen molar-refractivity contribution >= 4 is 11.3 Å². The summed E-state index contributed by atoms with van der Waals surface area (Å²) in [6.45, 7) is 0. The van der Waals surface area contributed by atoms with Gasteiger partial charge in [-0.25, -0.2) is 13.2 Å². The summed E-state index contributed by atoms with van der Waals surface area (Å²) in [5.74, 6) is -3.33. The average molecular weight is 284 g/mol. The highest BCUT2D eigenvalue weighted by atomic mass is 32.1. The largest absolute Gasteiger partial charge is 0.383 e. The molecule has 1 aliphatic carbocycles. The first-order chi connectivity index (χ1) is 9.06. The molecule has 0 aliphatic heterocycles. The Balaban J connectivity index is 1.99. The quantitative estimate of drug-likeness (QED) is 0.833. The van der Waals surface area contributed by atoms with Gasteiger partial charge >= 0.3 is 0 Å². The Labute approximate surface area is 112 Å². The Hall–Kier alpha value is -1.33. The maximum atomic E-state index is 13.6. The lowest BCUT2D eigenvalue weighted by atomic mass is 10.1. The summed E-state index contributed by atoms with van der Waals surface area (Å²) in [6.07, 6.45) is 1.77. The minimum atomic E-state index is -1.25. The van der Waals surface area contributed by atoms with Crippen molar-refractivity contribution in [2.24, 2.45) is 0 Å². The van der Waals surface area contributed by atoms with Crippen molar-refractivity contribution in [3.63, 3.8) is 0 Å². The van der Waals surface area contributed by atoms with Crippen molar-refractivity contribution in [2.75, 3.05) is 0 Å². The molecule has 0 saturated heterocycles. The van der Waals surface area contributed by atoms with Crippen LogP contribution in [0.3, 0.4) is 0 Å². The van der Waals surface area contributed by atoms with Crippen LogP contribution in [0.25, 0.3) is 0 Å². The van der Waals surface area contributed by atoms with Gasteiger partial charge in [0.2, 0.25) is 0 Å². The minimum Gasteiger partial charge on any atom is -0.383 e. The van der Waals surface area contributed by atoms with Gasteiger partial charge in [0.15, 0.2) is 11.6 Å². The van der Waals surface area contributed by atoms with E-state index in [4.69, 9.17) is 0 Å². The molecule has 0 saturated carbocycles. The number of aliphatic hydroxyl groups excluding tert-OH is 1. The molecule has 1 unspecified atom stereocenters. The first-order valence-electron chi connectivity index (χ1n) is 6.00. The maximum Gasteiger partial charge on any atom is 0.161 e. The Bertz CT molecular complexity index is 614. The second-order valence-electron chi connectivity index (χ2n) is 4.64. The van der Waals surface area contributed by atoms with E-state index in [-0.39, 0.29) is 5.56 Å². The molecule has 0 spiro atoms. The van der Waals surface area contributed by atoms with Crippen LogP contribution >= 0.6 is 11.3 Å². The fourth-order valence-corrected chi connectivity index (χ4v) is 3.65. The highest BCUT2D eigenvalue weighted by Gasteiger charge is 2.23. The van der Waals surface area contributed by atoms with Crippen LogP contribution in [0.1, 0.15) is 33.4 Å². The zero-order valence-corrected chi connectivity index (χ0v) is 10.7. The van der Waals surface area contributed by atoms with Gasteiger partial charge in [-0.05, 0) is 37.0 Å². The van der Waals surface area contributed by atoms with Crippen molar-refractivity contribution < 1.29 is 18.3 Å². The molecule has 0 fully saturated rings.